The molecule has 2 atom stereocenters. The summed E-state index contributed by atoms with van der Waals surface area (Å²) in [5.74, 6) is -1.57. The van der Waals surface area contributed by atoms with E-state index >= 15 is 4.39 Å². The third-order valence-electron chi connectivity index (χ3n) is 7.62. The summed E-state index contributed by atoms with van der Waals surface area (Å²) in [5, 5.41) is 10.5. The summed E-state index contributed by atoms with van der Waals surface area (Å²) in [6.07, 6.45) is 3.68. The molecule has 0 spiro atoms. The third-order valence-corrected chi connectivity index (χ3v) is 7.62. The van der Waals surface area contributed by atoms with E-state index in [0.717, 1.165) is 6.42 Å². The number of nitrogens with zero attached hydrogens (tertiary/aromatic N) is 6. The molecule has 0 radical (unpaired) electrons. The molecule has 212 valence electrons. The average Bonchev–Trinajstić information content (AvgIpc) is 3.68. The molecular formula is C28H28F2N8O3. The molecule has 2 N–H and O–H groups in total. The van der Waals surface area contributed by atoms with Crippen molar-refractivity contribution in [1.82, 2.24) is 30.0 Å². The Morgan fingerprint density at radius 1 is 1.15 bits per heavy atom. The Bertz CT molecular complexity index is 1680. The number of aromatic nitrogens is 4. The number of hydrogen-bond donors (Lipinski definition) is 2. The summed E-state index contributed by atoms with van der Waals surface area (Å²) < 4.78 is 36.7. The van der Waals surface area contributed by atoms with Gasteiger partial charge in [-0.25, -0.2) is 23.5 Å². The molecule has 2 bridgehead atoms. The Labute approximate surface area is 234 Å². The van der Waals surface area contributed by atoms with Gasteiger partial charge in [0.25, 0.3) is 5.91 Å². The zero-order chi connectivity index (χ0) is 28.8. The van der Waals surface area contributed by atoms with Crippen LogP contribution in [-0.4, -0.2) is 75.4 Å². The van der Waals surface area contributed by atoms with Gasteiger partial charge >= 0.3 is 6.03 Å². The number of anilines is 2. The van der Waals surface area contributed by atoms with Gasteiger partial charge in [0, 0.05) is 50.4 Å². The van der Waals surface area contributed by atoms with Gasteiger partial charge in [-0.1, -0.05) is 6.07 Å². The van der Waals surface area contributed by atoms with Crippen LogP contribution in [0.3, 0.4) is 0 Å². The number of benzene rings is 2. The van der Waals surface area contributed by atoms with Crippen LogP contribution in [0.2, 0.25) is 0 Å². The monoisotopic (exact) mass is 562 g/mol. The highest BCUT2D eigenvalue weighted by Gasteiger charge is 2.46. The van der Waals surface area contributed by atoms with Gasteiger partial charge in [-0.15, -0.1) is 0 Å². The van der Waals surface area contributed by atoms with E-state index in [0.29, 0.717) is 36.2 Å². The number of urea groups is 1. The summed E-state index contributed by atoms with van der Waals surface area (Å²) in [5.41, 5.74) is 1.16. The normalized spacial score (nSPS) is 17.8. The average molecular weight is 563 g/mol. The highest BCUT2D eigenvalue weighted by atomic mass is 19.1. The number of carbonyl (C=O) groups excluding carboxylic acids is 2. The molecule has 4 heterocycles. The van der Waals surface area contributed by atoms with Crippen LogP contribution in [0.4, 0.5) is 25.0 Å². The summed E-state index contributed by atoms with van der Waals surface area (Å²) >= 11 is 0. The first-order valence-corrected chi connectivity index (χ1v) is 13.2. The van der Waals surface area contributed by atoms with Gasteiger partial charge in [0.2, 0.25) is 0 Å². The number of halogens is 2. The van der Waals surface area contributed by atoms with E-state index in [2.05, 4.69) is 30.6 Å². The predicted octanol–water partition coefficient (Wildman–Crippen LogP) is 3.56. The predicted molar refractivity (Wildman–Crippen MR) is 148 cm³/mol. The van der Waals surface area contributed by atoms with Crippen LogP contribution >= 0.6 is 0 Å². The van der Waals surface area contributed by atoms with Crippen LogP contribution in [0.5, 0.6) is 5.75 Å². The second-order valence-corrected chi connectivity index (χ2v) is 10.0. The van der Waals surface area contributed by atoms with Crippen molar-refractivity contribution in [3.63, 3.8) is 0 Å². The summed E-state index contributed by atoms with van der Waals surface area (Å²) in [6.45, 7) is 3.43. The third kappa shape index (κ3) is 4.46. The van der Waals surface area contributed by atoms with Gasteiger partial charge < -0.3 is 25.2 Å². The number of rotatable bonds is 6. The van der Waals surface area contributed by atoms with Gasteiger partial charge in [-0.05, 0) is 31.5 Å². The quantitative estimate of drug-likeness (QED) is 0.369. The Balaban J connectivity index is 1.35. The van der Waals surface area contributed by atoms with Crippen molar-refractivity contribution in [2.75, 3.05) is 37.0 Å². The molecule has 2 fully saturated rings. The Morgan fingerprint density at radius 2 is 1.98 bits per heavy atom. The van der Waals surface area contributed by atoms with Crippen LogP contribution in [-0.2, 0) is 7.05 Å². The largest absolute Gasteiger partial charge is 0.496 e. The molecule has 4 aromatic rings. The number of nitrogens with one attached hydrogen (secondary N) is 2. The van der Waals surface area contributed by atoms with E-state index in [1.165, 1.54) is 42.3 Å². The molecule has 2 aliphatic rings. The van der Waals surface area contributed by atoms with E-state index in [1.54, 1.807) is 19.3 Å². The Kier molecular flexibility index (Phi) is 6.64. The number of fused-ring (bicyclic) bond motifs is 3. The van der Waals surface area contributed by atoms with E-state index < -0.39 is 17.5 Å². The van der Waals surface area contributed by atoms with Crippen molar-refractivity contribution in [2.45, 2.75) is 25.4 Å². The van der Waals surface area contributed by atoms with Gasteiger partial charge in [0.05, 0.1) is 36.3 Å². The minimum Gasteiger partial charge on any atom is -0.496 e. The first kappa shape index (κ1) is 26.4. The fourth-order valence-corrected chi connectivity index (χ4v) is 5.83. The maximum Gasteiger partial charge on any atom is 0.317 e. The lowest BCUT2D eigenvalue weighted by atomic mass is 10.1. The standard InChI is InChI=1S/C28H28F2N8O3/c1-4-31-28(40)38-14-15-10-16(38)13-37(15)25-17-12-33-36(2)24(17)19(30)11-21(25)35-27(39)20-8-9-32-26(34-20)23-18(29)6-5-7-22(23)41-3/h5-9,11-12,15-16H,4,10,13-14H2,1-3H3,(H,31,40)(H,35,39). The minimum absolute atomic E-state index is 0.0213. The Morgan fingerprint density at radius 3 is 2.71 bits per heavy atom. The molecule has 6 rings (SSSR count). The van der Waals surface area contributed by atoms with Crippen molar-refractivity contribution in [3.05, 3.63) is 60.1 Å². The molecule has 11 nitrogen and oxygen atoms in total. The molecule has 2 saturated heterocycles. The minimum atomic E-state index is -0.624. The molecule has 2 unspecified atom stereocenters. The molecule has 3 amide bonds. The first-order chi connectivity index (χ1) is 19.8. The van der Waals surface area contributed by atoms with E-state index in [-0.39, 0.29) is 46.6 Å². The number of likely N-dealkylation sites (tertiary alicyclic amines) is 1. The molecule has 2 aliphatic heterocycles. The zero-order valence-electron chi connectivity index (χ0n) is 22.7. The zero-order valence-corrected chi connectivity index (χ0v) is 22.7. The SMILES string of the molecule is CCNC(=O)N1CC2CC1CN2c1c(NC(=O)c2ccnc(-c3c(F)cccc3OC)n2)cc(F)c2c1cnn2C. The van der Waals surface area contributed by atoms with Crippen molar-refractivity contribution < 1.29 is 23.1 Å². The molecule has 2 aromatic carbocycles. The molecule has 2 aromatic heterocycles. The molecule has 13 heteroatoms. The number of aryl methyl sites for hydroxylation is 1. The van der Waals surface area contributed by atoms with E-state index in [9.17, 15) is 14.0 Å². The van der Waals surface area contributed by atoms with E-state index in [1.807, 2.05) is 11.8 Å². The van der Waals surface area contributed by atoms with E-state index in [4.69, 9.17) is 4.74 Å². The fourth-order valence-electron chi connectivity index (χ4n) is 5.83. The fraction of sp³-hybridized carbons (Fsp3) is 0.321. The van der Waals surface area contributed by atoms with Crippen molar-refractivity contribution in [1.29, 1.82) is 0 Å². The number of ether oxygens (including phenoxy) is 1. The lowest BCUT2D eigenvalue weighted by molar-refractivity contribution is 0.102. The lowest BCUT2D eigenvalue weighted by Crippen LogP contribution is -2.52. The lowest BCUT2D eigenvalue weighted by Gasteiger charge is -2.36. The summed E-state index contributed by atoms with van der Waals surface area (Å²) in [7, 11) is 3.06. The Hall–Kier alpha value is -4.81. The van der Waals surface area contributed by atoms with Crippen molar-refractivity contribution >= 4 is 34.2 Å². The van der Waals surface area contributed by atoms with Gasteiger partial charge in [-0.3, -0.25) is 9.48 Å². The molecule has 0 aliphatic carbocycles. The van der Waals surface area contributed by atoms with Crippen LogP contribution < -0.4 is 20.3 Å². The maximum atomic E-state index is 15.3. The highest BCUT2D eigenvalue weighted by Crippen LogP contribution is 2.43. The smallest absolute Gasteiger partial charge is 0.317 e. The number of amides is 3. The second kappa shape index (κ2) is 10.3. The molecular weight excluding hydrogens is 534 g/mol. The maximum absolute atomic E-state index is 15.3. The van der Waals surface area contributed by atoms with Crippen molar-refractivity contribution in [2.24, 2.45) is 7.05 Å². The summed E-state index contributed by atoms with van der Waals surface area (Å²) in [4.78, 5) is 38.4. The van der Waals surface area contributed by atoms with Crippen LogP contribution in [0.15, 0.2) is 42.7 Å². The number of methoxy groups -OCH3 is 1. The van der Waals surface area contributed by atoms with Crippen molar-refractivity contribution in [3.8, 4) is 17.1 Å². The number of carbonyl (C=O) groups is 2. The number of piperazine rings is 1. The van der Waals surface area contributed by atoms with Gasteiger partial charge in [0.1, 0.15) is 22.8 Å². The first-order valence-electron chi connectivity index (χ1n) is 13.2. The van der Waals surface area contributed by atoms with Crippen LogP contribution in [0, 0.1) is 11.6 Å². The highest BCUT2D eigenvalue weighted by molar-refractivity contribution is 6.09. The van der Waals surface area contributed by atoms with Crippen LogP contribution in [0.25, 0.3) is 22.3 Å². The number of hydrogen-bond acceptors (Lipinski definition) is 7. The molecule has 41 heavy (non-hydrogen) atoms. The van der Waals surface area contributed by atoms with Crippen LogP contribution in [0.1, 0.15) is 23.8 Å². The van der Waals surface area contributed by atoms with Gasteiger partial charge in [0.15, 0.2) is 11.6 Å². The topological polar surface area (TPSA) is 118 Å². The molecule has 0 saturated carbocycles. The summed E-state index contributed by atoms with van der Waals surface area (Å²) in [6, 6.07) is 6.84. The second-order valence-electron chi connectivity index (χ2n) is 10.0. The van der Waals surface area contributed by atoms with Gasteiger partial charge in [-0.2, -0.15) is 5.10 Å².